The Kier molecular flexibility index (Phi) is 5.23. The van der Waals surface area contributed by atoms with Crippen molar-refractivity contribution in [1.29, 1.82) is 0 Å². The van der Waals surface area contributed by atoms with Crippen LogP contribution in [-0.2, 0) is 6.61 Å². The molecular weight excluding hydrogens is 268 g/mol. The van der Waals surface area contributed by atoms with Gasteiger partial charge in [-0.2, -0.15) is 0 Å². The molecule has 0 unspecified atom stereocenters. The average molecular weight is 286 g/mol. The molecule has 0 aliphatic heterocycles. The molecule has 1 aromatic carbocycles. The normalized spacial score (nSPS) is 10.2. The van der Waals surface area contributed by atoms with Crippen LogP contribution in [0, 0.1) is 11.8 Å². The first-order valence-corrected chi connectivity index (χ1v) is 7.42. The molecule has 2 aromatic rings. The number of rotatable bonds is 4. The number of aliphatic hydroxyl groups is 1. The van der Waals surface area contributed by atoms with E-state index in [0.29, 0.717) is 12.5 Å². The van der Waals surface area contributed by atoms with Crippen LogP contribution in [0.25, 0.3) is 0 Å². The largest absolute Gasteiger partial charge is 0.488 e. The lowest BCUT2D eigenvalue weighted by molar-refractivity contribution is 0.309. The highest BCUT2D eigenvalue weighted by Gasteiger charge is 2.03. The Hall–Kier alpha value is -1.76. The highest BCUT2D eigenvalue weighted by Crippen LogP contribution is 2.22. The van der Waals surface area contributed by atoms with Crippen LogP contribution < -0.4 is 4.74 Å². The van der Waals surface area contributed by atoms with Crippen molar-refractivity contribution in [1.82, 2.24) is 0 Å². The van der Waals surface area contributed by atoms with Crippen molar-refractivity contribution in [2.75, 3.05) is 6.61 Å². The van der Waals surface area contributed by atoms with Gasteiger partial charge in [0.25, 0.3) is 0 Å². The third kappa shape index (κ3) is 4.12. The minimum Gasteiger partial charge on any atom is -0.488 e. The van der Waals surface area contributed by atoms with E-state index in [1.807, 2.05) is 24.3 Å². The molecule has 0 radical (unpaired) electrons. The molecule has 2 rings (SSSR count). The predicted octanol–water partition coefficient (Wildman–Crippen LogP) is 3.79. The summed E-state index contributed by atoms with van der Waals surface area (Å²) in [7, 11) is 0. The first-order chi connectivity index (χ1) is 9.69. The van der Waals surface area contributed by atoms with Crippen LogP contribution in [0.1, 0.15) is 35.1 Å². The highest BCUT2D eigenvalue weighted by atomic mass is 32.1. The Morgan fingerprint density at radius 2 is 2.10 bits per heavy atom. The van der Waals surface area contributed by atoms with Gasteiger partial charge in [0.1, 0.15) is 19.0 Å². The van der Waals surface area contributed by atoms with Crippen LogP contribution in [0.2, 0.25) is 0 Å². The average Bonchev–Trinajstić information content (AvgIpc) is 2.91. The van der Waals surface area contributed by atoms with E-state index in [4.69, 9.17) is 9.84 Å². The maximum absolute atomic E-state index is 8.66. The van der Waals surface area contributed by atoms with Gasteiger partial charge in [0.15, 0.2) is 0 Å². The van der Waals surface area contributed by atoms with Gasteiger partial charge < -0.3 is 9.84 Å². The van der Waals surface area contributed by atoms with Gasteiger partial charge in [-0.15, -0.1) is 11.3 Å². The van der Waals surface area contributed by atoms with Crippen LogP contribution in [0.4, 0.5) is 0 Å². The first-order valence-electron chi connectivity index (χ1n) is 6.60. The lowest BCUT2D eigenvalue weighted by Gasteiger charge is -2.09. The molecule has 0 bridgehead atoms. The van der Waals surface area contributed by atoms with E-state index in [2.05, 4.69) is 37.8 Å². The van der Waals surface area contributed by atoms with E-state index in [1.54, 1.807) is 11.3 Å². The lowest BCUT2D eigenvalue weighted by atomic mass is 10.0. The molecule has 0 aliphatic rings. The number of benzene rings is 1. The molecule has 20 heavy (non-hydrogen) atoms. The second kappa shape index (κ2) is 7.14. The van der Waals surface area contributed by atoms with Crippen molar-refractivity contribution < 1.29 is 9.84 Å². The van der Waals surface area contributed by atoms with Crippen molar-refractivity contribution in [2.24, 2.45) is 0 Å². The molecule has 0 atom stereocenters. The molecule has 1 N–H and O–H groups in total. The summed E-state index contributed by atoms with van der Waals surface area (Å²) >= 11 is 1.59. The third-order valence-electron chi connectivity index (χ3n) is 2.86. The summed E-state index contributed by atoms with van der Waals surface area (Å²) in [5, 5.41) is 8.66. The SMILES string of the molecule is CC(C)c1cccc(OCc2ccc(C#CCO)s2)c1. The first kappa shape index (κ1) is 14.6. The number of aliphatic hydroxyl groups excluding tert-OH is 1. The summed E-state index contributed by atoms with van der Waals surface area (Å²) in [6.45, 7) is 4.79. The number of hydrogen-bond donors (Lipinski definition) is 1. The van der Waals surface area contributed by atoms with Gasteiger partial charge in [0.05, 0.1) is 4.88 Å². The third-order valence-corrected chi connectivity index (χ3v) is 3.83. The fourth-order valence-corrected chi connectivity index (χ4v) is 2.56. The maximum atomic E-state index is 8.66. The zero-order chi connectivity index (χ0) is 14.4. The Morgan fingerprint density at radius 1 is 1.25 bits per heavy atom. The second-order valence-corrected chi connectivity index (χ2v) is 5.91. The van der Waals surface area contributed by atoms with Gasteiger partial charge in [0, 0.05) is 4.88 Å². The Balaban J connectivity index is 1.98. The number of hydrogen-bond acceptors (Lipinski definition) is 3. The molecule has 0 saturated heterocycles. The summed E-state index contributed by atoms with van der Waals surface area (Å²) in [4.78, 5) is 2.08. The molecule has 0 spiro atoms. The summed E-state index contributed by atoms with van der Waals surface area (Å²) in [5.41, 5.74) is 1.28. The lowest BCUT2D eigenvalue weighted by Crippen LogP contribution is -1.94. The van der Waals surface area contributed by atoms with E-state index in [9.17, 15) is 0 Å². The zero-order valence-electron chi connectivity index (χ0n) is 11.7. The smallest absolute Gasteiger partial charge is 0.122 e. The molecule has 104 valence electrons. The van der Waals surface area contributed by atoms with E-state index < -0.39 is 0 Å². The second-order valence-electron chi connectivity index (χ2n) is 4.74. The topological polar surface area (TPSA) is 29.5 Å². The van der Waals surface area contributed by atoms with Crippen LogP contribution in [0.3, 0.4) is 0 Å². The quantitative estimate of drug-likeness (QED) is 0.866. The summed E-state index contributed by atoms with van der Waals surface area (Å²) in [6.07, 6.45) is 0. The molecule has 1 aromatic heterocycles. The van der Waals surface area contributed by atoms with Crippen molar-refractivity contribution in [3.63, 3.8) is 0 Å². The summed E-state index contributed by atoms with van der Waals surface area (Å²) < 4.78 is 5.81. The minimum atomic E-state index is -0.105. The van der Waals surface area contributed by atoms with Gasteiger partial charge in [-0.3, -0.25) is 0 Å². The van der Waals surface area contributed by atoms with Gasteiger partial charge in [-0.25, -0.2) is 0 Å². The van der Waals surface area contributed by atoms with Gasteiger partial charge >= 0.3 is 0 Å². The Bertz CT molecular complexity index is 617. The zero-order valence-corrected chi connectivity index (χ0v) is 12.5. The molecule has 1 heterocycles. The monoisotopic (exact) mass is 286 g/mol. The summed E-state index contributed by atoms with van der Waals surface area (Å²) in [6, 6.07) is 12.2. The fourth-order valence-electron chi connectivity index (χ4n) is 1.77. The molecule has 0 amide bonds. The fraction of sp³-hybridized carbons (Fsp3) is 0.294. The van der Waals surface area contributed by atoms with E-state index in [1.165, 1.54) is 5.56 Å². The van der Waals surface area contributed by atoms with Crippen molar-refractivity contribution in [3.05, 3.63) is 51.7 Å². The number of thiophene rings is 1. The van der Waals surface area contributed by atoms with E-state index in [0.717, 1.165) is 15.5 Å². The molecule has 0 saturated carbocycles. The van der Waals surface area contributed by atoms with Crippen molar-refractivity contribution in [3.8, 4) is 17.6 Å². The Labute approximate surface area is 124 Å². The predicted molar refractivity (Wildman–Crippen MR) is 83.1 cm³/mol. The van der Waals surface area contributed by atoms with E-state index >= 15 is 0 Å². The molecule has 3 heteroatoms. The van der Waals surface area contributed by atoms with Crippen molar-refractivity contribution in [2.45, 2.75) is 26.4 Å². The molecular formula is C17H18O2S. The van der Waals surface area contributed by atoms with Gasteiger partial charge in [-0.1, -0.05) is 37.8 Å². The van der Waals surface area contributed by atoms with Crippen LogP contribution in [0.15, 0.2) is 36.4 Å². The van der Waals surface area contributed by atoms with Crippen LogP contribution >= 0.6 is 11.3 Å². The van der Waals surface area contributed by atoms with Crippen LogP contribution in [0.5, 0.6) is 5.75 Å². The maximum Gasteiger partial charge on any atom is 0.122 e. The van der Waals surface area contributed by atoms with Crippen molar-refractivity contribution >= 4 is 11.3 Å². The standard InChI is InChI=1S/C17H18O2S/c1-13(2)14-5-3-6-15(11-14)19-12-17-9-8-16(20-17)7-4-10-18/h3,5-6,8-9,11,13,18H,10,12H2,1-2H3. The van der Waals surface area contributed by atoms with Gasteiger partial charge in [-0.05, 0) is 35.7 Å². The summed E-state index contributed by atoms with van der Waals surface area (Å²) in [5.74, 6) is 6.94. The van der Waals surface area contributed by atoms with Crippen LogP contribution in [-0.4, -0.2) is 11.7 Å². The van der Waals surface area contributed by atoms with E-state index in [-0.39, 0.29) is 6.61 Å². The number of ether oxygens (including phenoxy) is 1. The highest BCUT2D eigenvalue weighted by molar-refractivity contribution is 7.12. The molecule has 0 aliphatic carbocycles. The molecule has 2 nitrogen and oxygen atoms in total. The minimum absolute atomic E-state index is 0.105. The molecule has 0 fully saturated rings. The Morgan fingerprint density at radius 3 is 2.85 bits per heavy atom. The van der Waals surface area contributed by atoms with Gasteiger partial charge in [0.2, 0.25) is 0 Å².